The van der Waals surface area contributed by atoms with E-state index in [-0.39, 0.29) is 5.97 Å². The van der Waals surface area contributed by atoms with Crippen molar-refractivity contribution in [2.75, 3.05) is 5.75 Å². The molecule has 56 valence electrons. The predicted molar refractivity (Wildman–Crippen MR) is 42.8 cm³/mol. The number of carbonyl (C=O) groups excluding carboxylic acids is 1. The van der Waals surface area contributed by atoms with E-state index in [1.54, 1.807) is 6.07 Å². The van der Waals surface area contributed by atoms with Gasteiger partial charge in [-0.3, -0.25) is 4.79 Å². The van der Waals surface area contributed by atoms with Gasteiger partial charge in [-0.1, -0.05) is 12.1 Å². The van der Waals surface area contributed by atoms with E-state index >= 15 is 0 Å². The van der Waals surface area contributed by atoms with Gasteiger partial charge in [-0.25, -0.2) is 0 Å². The Hall–Kier alpha value is -0.960. The van der Waals surface area contributed by atoms with Crippen LogP contribution in [-0.2, 0) is 4.79 Å². The number of fused-ring (bicyclic) bond motifs is 1. The Balaban J connectivity index is 2.41. The SMILES string of the molecule is O=C1CSc2ccccc2O1. The molecule has 0 fully saturated rings. The molecule has 3 heteroatoms. The molecule has 0 unspecified atom stereocenters. The van der Waals surface area contributed by atoms with E-state index < -0.39 is 0 Å². The number of rotatable bonds is 0. The summed E-state index contributed by atoms with van der Waals surface area (Å²) in [6, 6.07) is 7.55. The molecule has 0 aromatic heterocycles. The van der Waals surface area contributed by atoms with Crippen LogP contribution in [0.1, 0.15) is 0 Å². The molecule has 0 saturated heterocycles. The fourth-order valence-corrected chi connectivity index (χ4v) is 1.70. The van der Waals surface area contributed by atoms with Gasteiger partial charge >= 0.3 is 5.97 Å². The lowest BCUT2D eigenvalue weighted by atomic mass is 10.3. The number of para-hydroxylation sites is 1. The summed E-state index contributed by atoms with van der Waals surface area (Å²) in [6.07, 6.45) is 0. The minimum Gasteiger partial charge on any atom is -0.425 e. The number of ether oxygens (including phenoxy) is 1. The van der Waals surface area contributed by atoms with Crippen LogP contribution in [0.15, 0.2) is 29.2 Å². The van der Waals surface area contributed by atoms with Crippen molar-refractivity contribution in [1.29, 1.82) is 0 Å². The van der Waals surface area contributed by atoms with Crippen LogP contribution in [0, 0.1) is 0 Å². The van der Waals surface area contributed by atoms with Gasteiger partial charge in [0.05, 0.1) is 10.6 Å². The van der Waals surface area contributed by atoms with Crippen LogP contribution in [-0.4, -0.2) is 11.7 Å². The van der Waals surface area contributed by atoms with Gasteiger partial charge in [0, 0.05) is 0 Å². The number of hydrogen-bond acceptors (Lipinski definition) is 3. The summed E-state index contributed by atoms with van der Waals surface area (Å²) >= 11 is 1.52. The first-order valence-electron chi connectivity index (χ1n) is 3.29. The zero-order chi connectivity index (χ0) is 7.68. The lowest BCUT2D eigenvalue weighted by Crippen LogP contribution is -2.14. The van der Waals surface area contributed by atoms with Crippen molar-refractivity contribution >= 4 is 17.7 Å². The molecule has 1 aromatic carbocycles. The van der Waals surface area contributed by atoms with Gasteiger partial charge in [-0.05, 0) is 12.1 Å². The normalized spacial score (nSPS) is 15.5. The smallest absolute Gasteiger partial charge is 0.321 e. The van der Waals surface area contributed by atoms with Crippen molar-refractivity contribution in [3.8, 4) is 5.75 Å². The first kappa shape index (κ1) is 6.73. The molecule has 1 aromatic rings. The van der Waals surface area contributed by atoms with E-state index in [1.807, 2.05) is 18.2 Å². The number of benzene rings is 1. The fraction of sp³-hybridized carbons (Fsp3) is 0.125. The second-order valence-electron chi connectivity index (χ2n) is 2.21. The fourth-order valence-electron chi connectivity index (χ4n) is 0.943. The van der Waals surface area contributed by atoms with Crippen molar-refractivity contribution in [2.24, 2.45) is 0 Å². The van der Waals surface area contributed by atoms with Crippen LogP contribution in [0.5, 0.6) is 5.75 Å². The highest BCUT2D eigenvalue weighted by Crippen LogP contribution is 2.32. The topological polar surface area (TPSA) is 26.3 Å². The highest BCUT2D eigenvalue weighted by molar-refractivity contribution is 8.00. The molecule has 1 heterocycles. The Kier molecular flexibility index (Phi) is 1.58. The molecule has 1 aliphatic heterocycles. The van der Waals surface area contributed by atoms with Crippen molar-refractivity contribution in [3.63, 3.8) is 0 Å². The Bertz CT molecular complexity index is 296. The number of thioether (sulfide) groups is 1. The van der Waals surface area contributed by atoms with Gasteiger partial charge in [0.1, 0.15) is 5.75 Å². The molecule has 0 bridgehead atoms. The second-order valence-corrected chi connectivity index (χ2v) is 3.23. The molecule has 11 heavy (non-hydrogen) atoms. The van der Waals surface area contributed by atoms with Crippen LogP contribution >= 0.6 is 11.8 Å². The first-order chi connectivity index (χ1) is 5.36. The maximum absolute atomic E-state index is 10.8. The monoisotopic (exact) mass is 166 g/mol. The van der Waals surface area contributed by atoms with E-state index in [2.05, 4.69) is 0 Å². The zero-order valence-corrected chi connectivity index (χ0v) is 6.56. The van der Waals surface area contributed by atoms with Crippen LogP contribution in [0.3, 0.4) is 0 Å². The standard InChI is InChI=1S/C8H6O2S/c9-8-5-11-7-4-2-1-3-6(7)10-8/h1-4H,5H2. The molecule has 0 aliphatic carbocycles. The number of hydrogen-bond donors (Lipinski definition) is 0. The molecule has 2 rings (SSSR count). The third kappa shape index (κ3) is 1.24. The summed E-state index contributed by atoms with van der Waals surface area (Å²) in [4.78, 5) is 11.8. The van der Waals surface area contributed by atoms with Gasteiger partial charge in [0.25, 0.3) is 0 Å². The summed E-state index contributed by atoms with van der Waals surface area (Å²) in [5, 5.41) is 0. The summed E-state index contributed by atoms with van der Waals surface area (Å²) in [5.41, 5.74) is 0. The van der Waals surface area contributed by atoms with Gasteiger partial charge < -0.3 is 4.74 Å². The van der Waals surface area contributed by atoms with Crippen molar-refractivity contribution < 1.29 is 9.53 Å². The van der Waals surface area contributed by atoms with Gasteiger partial charge in [-0.2, -0.15) is 0 Å². The van der Waals surface area contributed by atoms with Gasteiger partial charge in [0.2, 0.25) is 0 Å². The molecule has 0 saturated carbocycles. The third-order valence-electron chi connectivity index (χ3n) is 1.42. The second kappa shape index (κ2) is 2.58. The average molecular weight is 166 g/mol. The molecular weight excluding hydrogens is 160 g/mol. The molecule has 2 nitrogen and oxygen atoms in total. The third-order valence-corrected chi connectivity index (χ3v) is 2.45. The minimum atomic E-state index is -0.159. The van der Waals surface area contributed by atoms with E-state index in [4.69, 9.17) is 4.74 Å². The molecular formula is C8H6O2S. The van der Waals surface area contributed by atoms with Crippen LogP contribution < -0.4 is 4.74 Å². The lowest BCUT2D eigenvalue weighted by Gasteiger charge is -2.13. The Morgan fingerprint density at radius 1 is 1.36 bits per heavy atom. The lowest BCUT2D eigenvalue weighted by molar-refractivity contribution is -0.131. The van der Waals surface area contributed by atoms with Crippen LogP contribution in [0.4, 0.5) is 0 Å². The molecule has 0 radical (unpaired) electrons. The maximum atomic E-state index is 10.8. The summed E-state index contributed by atoms with van der Waals surface area (Å²) in [6.45, 7) is 0. The summed E-state index contributed by atoms with van der Waals surface area (Å²) in [7, 11) is 0. The maximum Gasteiger partial charge on any atom is 0.321 e. The predicted octanol–water partition coefficient (Wildman–Crippen LogP) is 1.70. The zero-order valence-electron chi connectivity index (χ0n) is 5.74. The van der Waals surface area contributed by atoms with Crippen LogP contribution in [0.2, 0.25) is 0 Å². The van der Waals surface area contributed by atoms with Crippen molar-refractivity contribution in [3.05, 3.63) is 24.3 Å². The van der Waals surface area contributed by atoms with E-state index in [0.29, 0.717) is 11.5 Å². The quantitative estimate of drug-likeness (QED) is 0.433. The summed E-state index contributed by atoms with van der Waals surface area (Å²) in [5.74, 6) is 0.958. The molecule has 0 amide bonds. The molecule has 0 N–H and O–H groups in total. The Morgan fingerprint density at radius 3 is 3.09 bits per heavy atom. The van der Waals surface area contributed by atoms with E-state index in [0.717, 1.165) is 4.90 Å². The average Bonchev–Trinajstić information content (AvgIpc) is 2.04. The largest absolute Gasteiger partial charge is 0.425 e. The van der Waals surface area contributed by atoms with E-state index in [9.17, 15) is 4.79 Å². The minimum absolute atomic E-state index is 0.159. The number of esters is 1. The summed E-state index contributed by atoms with van der Waals surface area (Å²) < 4.78 is 4.97. The first-order valence-corrected chi connectivity index (χ1v) is 4.27. The van der Waals surface area contributed by atoms with Crippen molar-refractivity contribution in [2.45, 2.75) is 4.90 Å². The van der Waals surface area contributed by atoms with Crippen LogP contribution in [0.25, 0.3) is 0 Å². The van der Waals surface area contributed by atoms with Gasteiger partial charge in [-0.15, -0.1) is 11.8 Å². The Labute approximate surface area is 68.6 Å². The van der Waals surface area contributed by atoms with Crippen molar-refractivity contribution in [1.82, 2.24) is 0 Å². The number of carbonyl (C=O) groups is 1. The molecule has 0 spiro atoms. The van der Waals surface area contributed by atoms with Gasteiger partial charge in [0.15, 0.2) is 0 Å². The molecule has 0 atom stereocenters. The highest BCUT2D eigenvalue weighted by Gasteiger charge is 2.15. The Morgan fingerprint density at radius 2 is 2.18 bits per heavy atom. The van der Waals surface area contributed by atoms with E-state index in [1.165, 1.54) is 11.8 Å². The highest BCUT2D eigenvalue weighted by atomic mass is 32.2. The molecule has 1 aliphatic rings.